The highest BCUT2D eigenvalue weighted by Crippen LogP contribution is 2.29. The minimum atomic E-state index is 0.0104. The van der Waals surface area contributed by atoms with Crippen LogP contribution in [0.15, 0.2) is 33.9 Å². The Morgan fingerprint density at radius 1 is 1.33 bits per heavy atom. The molecule has 1 fully saturated rings. The zero-order chi connectivity index (χ0) is 16.9. The number of thioether (sulfide) groups is 1. The van der Waals surface area contributed by atoms with Gasteiger partial charge in [0.15, 0.2) is 0 Å². The van der Waals surface area contributed by atoms with Crippen LogP contribution in [0.5, 0.6) is 0 Å². The van der Waals surface area contributed by atoms with Gasteiger partial charge >= 0.3 is 0 Å². The molecule has 0 aliphatic heterocycles. The summed E-state index contributed by atoms with van der Waals surface area (Å²) in [5, 5.41) is 12.0. The van der Waals surface area contributed by atoms with E-state index in [0.717, 1.165) is 6.42 Å². The van der Waals surface area contributed by atoms with E-state index in [2.05, 4.69) is 22.4 Å². The minimum absolute atomic E-state index is 0.0104. The SMILES string of the molecule is C[C@H]1CCCC[C@H]1NC(=O)CSc1nnc(-c2ccccc2Cl)o1. The predicted molar refractivity (Wildman–Crippen MR) is 95.0 cm³/mol. The van der Waals surface area contributed by atoms with Gasteiger partial charge < -0.3 is 9.73 Å². The normalized spacial score (nSPS) is 20.8. The largest absolute Gasteiger partial charge is 0.411 e. The Labute approximate surface area is 150 Å². The summed E-state index contributed by atoms with van der Waals surface area (Å²) in [6.45, 7) is 2.20. The highest BCUT2D eigenvalue weighted by Gasteiger charge is 2.23. The maximum Gasteiger partial charge on any atom is 0.277 e. The summed E-state index contributed by atoms with van der Waals surface area (Å²) < 4.78 is 5.59. The lowest BCUT2D eigenvalue weighted by molar-refractivity contribution is -0.119. The summed E-state index contributed by atoms with van der Waals surface area (Å²) in [4.78, 5) is 12.1. The van der Waals surface area contributed by atoms with Crippen molar-refractivity contribution in [3.63, 3.8) is 0 Å². The summed E-state index contributed by atoms with van der Waals surface area (Å²) >= 11 is 7.36. The number of halogens is 1. The van der Waals surface area contributed by atoms with E-state index < -0.39 is 0 Å². The molecule has 1 N–H and O–H groups in total. The van der Waals surface area contributed by atoms with Crippen LogP contribution in [0, 0.1) is 5.92 Å². The van der Waals surface area contributed by atoms with Gasteiger partial charge in [-0.15, -0.1) is 10.2 Å². The van der Waals surface area contributed by atoms with Gasteiger partial charge in [0.1, 0.15) is 0 Å². The minimum Gasteiger partial charge on any atom is -0.411 e. The molecule has 2 aromatic rings. The van der Waals surface area contributed by atoms with E-state index in [1.54, 1.807) is 6.07 Å². The Balaban J connectivity index is 1.54. The number of hydrogen-bond donors (Lipinski definition) is 1. The van der Waals surface area contributed by atoms with Gasteiger partial charge in [-0.05, 0) is 30.9 Å². The monoisotopic (exact) mass is 365 g/mol. The van der Waals surface area contributed by atoms with Crippen molar-refractivity contribution in [3.8, 4) is 11.5 Å². The van der Waals surface area contributed by atoms with E-state index in [4.69, 9.17) is 16.0 Å². The molecule has 0 saturated heterocycles. The van der Waals surface area contributed by atoms with Gasteiger partial charge in [-0.3, -0.25) is 4.79 Å². The molecule has 3 rings (SSSR count). The van der Waals surface area contributed by atoms with Gasteiger partial charge in [0.25, 0.3) is 5.22 Å². The number of aromatic nitrogens is 2. The smallest absolute Gasteiger partial charge is 0.277 e. The lowest BCUT2D eigenvalue weighted by Crippen LogP contribution is -2.41. The summed E-state index contributed by atoms with van der Waals surface area (Å²) in [6, 6.07) is 7.58. The lowest BCUT2D eigenvalue weighted by Gasteiger charge is -2.29. The fraction of sp³-hybridized carbons (Fsp3) is 0.471. The third kappa shape index (κ3) is 4.30. The van der Waals surface area contributed by atoms with Crippen molar-refractivity contribution in [2.75, 3.05) is 5.75 Å². The fourth-order valence-corrected chi connectivity index (χ4v) is 3.71. The Bertz CT molecular complexity index is 707. The van der Waals surface area contributed by atoms with Crippen molar-refractivity contribution >= 4 is 29.3 Å². The molecule has 1 aromatic heterocycles. The maximum atomic E-state index is 12.1. The number of carbonyl (C=O) groups is 1. The third-order valence-corrected chi connectivity index (χ3v) is 5.44. The number of nitrogens with zero attached hydrogens (tertiary/aromatic N) is 2. The Hall–Kier alpha value is -1.53. The molecule has 5 nitrogen and oxygen atoms in total. The van der Waals surface area contributed by atoms with Crippen LogP contribution >= 0.6 is 23.4 Å². The van der Waals surface area contributed by atoms with Gasteiger partial charge in [-0.1, -0.05) is 55.3 Å². The summed E-state index contributed by atoms with van der Waals surface area (Å²) in [7, 11) is 0. The van der Waals surface area contributed by atoms with Crippen LogP contribution in [0.4, 0.5) is 0 Å². The van der Waals surface area contributed by atoms with Gasteiger partial charge in [0.2, 0.25) is 11.8 Å². The lowest BCUT2D eigenvalue weighted by atomic mass is 9.86. The van der Waals surface area contributed by atoms with Gasteiger partial charge in [0.05, 0.1) is 16.3 Å². The average molecular weight is 366 g/mol. The number of hydrogen-bond acceptors (Lipinski definition) is 5. The quantitative estimate of drug-likeness (QED) is 0.805. The number of amides is 1. The van der Waals surface area contributed by atoms with Crippen LogP contribution in [0.1, 0.15) is 32.6 Å². The maximum absolute atomic E-state index is 12.1. The molecule has 0 spiro atoms. The molecule has 24 heavy (non-hydrogen) atoms. The zero-order valence-corrected chi connectivity index (χ0v) is 15.1. The van der Waals surface area contributed by atoms with E-state index in [1.165, 1.54) is 31.0 Å². The van der Waals surface area contributed by atoms with E-state index in [1.807, 2.05) is 18.2 Å². The van der Waals surface area contributed by atoms with Crippen LogP contribution in [0.3, 0.4) is 0 Å². The van der Waals surface area contributed by atoms with Crippen LogP contribution in [-0.4, -0.2) is 27.9 Å². The van der Waals surface area contributed by atoms with E-state index in [9.17, 15) is 4.79 Å². The first-order chi connectivity index (χ1) is 11.6. The predicted octanol–water partition coefficient (Wildman–Crippen LogP) is 4.18. The van der Waals surface area contributed by atoms with Crippen molar-refractivity contribution in [1.29, 1.82) is 0 Å². The second-order valence-corrected chi connectivity index (χ2v) is 7.41. The van der Waals surface area contributed by atoms with E-state index in [0.29, 0.717) is 27.6 Å². The van der Waals surface area contributed by atoms with Crippen LogP contribution in [0.2, 0.25) is 5.02 Å². The molecule has 128 valence electrons. The average Bonchev–Trinajstić information content (AvgIpc) is 3.04. The Morgan fingerprint density at radius 3 is 2.92 bits per heavy atom. The van der Waals surface area contributed by atoms with Crippen molar-refractivity contribution in [2.45, 2.75) is 43.9 Å². The fourth-order valence-electron chi connectivity index (χ4n) is 2.92. The number of carbonyl (C=O) groups excluding carboxylic acids is 1. The Kier molecular flexibility index (Phi) is 5.79. The second kappa shape index (κ2) is 8.03. The molecule has 0 unspecified atom stereocenters. The highest BCUT2D eigenvalue weighted by molar-refractivity contribution is 7.99. The first-order valence-electron chi connectivity index (χ1n) is 8.14. The topological polar surface area (TPSA) is 68.0 Å². The van der Waals surface area contributed by atoms with Crippen LogP contribution < -0.4 is 5.32 Å². The summed E-state index contributed by atoms with van der Waals surface area (Å²) in [5.74, 6) is 1.19. The summed E-state index contributed by atoms with van der Waals surface area (Å²) in [6.07, 6.45) is 4.69. The van der Waals surface area contributed by atoms with Crippen molar-refractivity contribution in [3.05, 3.63) is 29.3 Å². The molecule has 1 aliphatic carbocycles. The third-order valence-electron chi connectivity index (χ3n) is 4.30. The molecule has 1 aromatic carbocycles. The van der Waals surface area contributed by atoms with Crippen molar-refractivity contribution in [1.82, 2.24) is 15.5 Å². The highest BCUT2D eigenvalue weighted by atomic mass is 35.5. The molecule has 2 atom stereocenters. The summed E-state index contributed by atoms with van der Waals surface area (Å²) in [5.41, 5.74) is 0.694. The molecule has 1 aliphatic rings. The van der Waals surface area contributed by atoms with Crippen molar-refractivity contribution in [2.24, 2.45) is 5.92 Å². The first-order valence-corrected chi connectivity index (χ1v) is 9.50. The molecular formula is C17H20ClN3O2S. The second-order valence-electron chi connectivity index (χ2n) is 6.08. The molecular weight excluding hydrogens is 346 g/mol. The molecule has 1 amide bonds. The number of nitrogens with one attached hydrogen (secondary N) is 1. The molecule has 0 radical (unpaired) electrons. The van der Waals surface area contributed by atoms with E-state index in [-0.39, 0.29) is 17.7 Å². The van der Waals surface area contributed by atoms with Crippen molar-refractivity contribution < 1.29 is 9.21 Å². The standard InChI is InChI=1S/C17H20ClN3O2S/c1-11-6-2-5-9-14(11)19-15(22)10-24-17-21-20-16(23-17)12-7-3-4-8-13(12)18/h3-4,7-8,11,14H,2,5-6,9-10H2,1H3,(H,19,22)/t11-,14+/m0/s1. The van der Waals surface area contributed by atoms with Crippen LogP contribution in [-0.2, 0) is 4.79 Å². The molecule has 7 heteroatoms. The molecule has 0 bridgehead atoms. The first kappa shape index (κ1) is 17.3. The molecule has 1 saturated carbocycles. The number of benzene rings is 1. The van der Waals surface area contributed by atoms with Gasteiger partial charge in [0, 0.05) is 6.04 Å². The van der Waals surface area contributed by atoms with Gasteiger partial charge in [-0.2, -0.15) is 0 Å². The zero-order valence-electron chi connectivity index (χ0n) is 13.5. The van der Waals surface area contributed by atoms with E-state index >= 15 is 0 Å². The van der Waals surface area contributed by atoms with Gasteiger partial charge in [-0.25, -0.2) is 0 Å². The molecule has 1 heterocycles. The number of rotatable bonds is 5. The van der Waals surface area contributed by atoms with Crippen LogP contribution in [0.25, 0.3) is 11.5 Å². The Morgan fingerprint density at radius 2 is 2.12 bits per heavy atom.